The Balaban J connectivity index is 1.69. The summed E-state index contributed by atoms with van der Waals surface area (Å²) in [4.78, 5) is 29.6. The smallest absolute Gasteiger partial charge is 0.326 e. The summed E-state index contributed by atoms with van der Waals surface area (Å²) in [6.45, 7) is 0. The van der Waals surface area contributed by atoms with E-state index in [0.717, 1.165) is 30.5 Å². The topological polar surface area (TPSA) is 99.5 Å². The lowest BCUT2D eigenvalue weighted by molar-refractivity contribution is -0.139. The summed E-state index contributed by atoms with van der Waals surface area (Å²) in [5.74, 6) is -1.47. The molecular formula is C22H19ClN2O4. The minimum atomic E-state index is -1.13. The number of pyridine rings is 1. The van der Waals surface area contributed by atoms with E-state index in [0.29, 0.717) is 27.1 Å². The molecule has 1 atom stereocenters. The van der Waals surface area contributed by atoms with E-state index in [1.54, 1.807) is 30.3 Å². The number of carbonyl (C=O) groups excluding carboxylic acids is 1. The number of aromatic nitrogens is 1. The van der Waals surface area contributed by atoms with Gasteiger partial charge in [0.1, 0.15) is 11.8 Å². The van der Waals surface area contributed by atoms with E-state index in [1.807, 2.05) is 0 Å². The van der Waals surface area contributed by atoms with Crippen molar-refractivity contribution in [2.75, 3.05) is 0 Å². The first-order valence-corrected chi connectivity index (χ1v) is 9.73. The third kappa shape index (κ3) is 3.89. The average molecular weight is 411 g/mol. The molecule has 6 nitrogen and oxygen atoms in total. The molecule has 1 amide bonds. The number of rotatable bonds is 5. The van der Waals surface area contributed by atoms with E-state index >= 15 is 0 Å². The zero-order valence-corrected chi connectivity index (χ0v) is 16.2. The van der Waals surface area contributed by atoms with Gasteiger partial charge in [-0.1, -0.05) is 23.7 Å². The van der Waals surface area contributed by atoms with Crippen LogP contribution in [0.25, 0.3) is 10.9 Å². The van der Waals surface area contributed by atoms with Crippen LogP contribution in [0, 0.1) is 0 Å². The van der Waals surface area contributed by atoms with Crippen molar-refractivity contribution >= 4 is 34.4 Å². The van der Waals surface area contributed by atoms with Crippen LogP contribution in [0.15, 0.2) is 42.5 Å². The number of halogens is 1. The molecule has 7 heteroatoms. The van der Waals surface area contributed by atoms with Crippen LogP contribution in [0.1, 0.15) is 33.6 Å². The molecule has 0 radical (unpaired) electrons. The number of phenols is 1. The summed E-state index contributed by atoms with van der Waals surface area (Å²) in [5.41, 5.74) is 3.58. The lowest BCUT2D eigenvalue weighted by atomic mass is 9.99. The van der Waals surface area contributed by atoms with Crippen molar-refractivity contribution in [3.8, 4) is 5.75 Å². The SMILES string of the molecule is O=C(NC(Cc1ccc(O)cc1)C(=O)O)c1c2c(nc3ccc(Cl)cc13)CCC2. The third-order valence-electron chi connectivity index (χ3n) is 5.18. The van der Waals surface area contributed by atoms with Gasteiger partial charge in [-0.25, -0.2) is 4.79 Å². The highest BCUT2D eigenvalue weighted by atomic mass is 35.5. The fourth-order valence-corrected chi connectivity index (χ4v) is 3.96. The largest absolute Gasteiger partial charge is 0.508 e. The van der Waals surface area contributed by atoms with E-state index in [2.05, 4.69) is 10.3 Å². The van der Waals surface area contributed by atoms with Gasteiger partial charge in [0, 0.05) is 22.5 Å². The van der Waals surface area contributed by atoms with Gasteiger partial charge in [-0.05, 0) is 60.7 Å². The van der Waals surface area contributed by atoms with E-state index in [9.17, 15) is 19.8 Å². The highest BCUT2D eigenvalue weighted by Gasteiger charge is 2.27. The van der Waals surface area contributed by atoms with Crippen LogP contribution in [-0.4, -0.2) is 33.1 Å². The highest BCUT2D eigenvalue weighted by molar-refractivity contribution is 6.31. The number of amides is 1. The van der Waals surface area contributed by atoms with Crippen molar-refractivity contribution in [3.63, 3.8) is 0 Å². The maximum absolute atomic E-state index is 13.2. The molecule has 0 bridgehead atoms. The van der Waals surface area contributed by atoms with Gasteiger partial charge in [-0.3, -0.25) is 9.78 Å². The number of aliphatic carboxylic acids is 1. The Labute approximate surface area is 172 Å². The van der Waals surface area contributed by atoms with Crippen LogP contribution in [-0.2, 0) is 24.1 Å². The predicted octanol–water partition coefficient (Wildman–Crippen LogP) is 3.51. The van der Waals surface area contributed by atoms with Crippen LogP contribution >= 0.6 is 11.6 Å². The number of nitrogens with zero attached hydrogens (tertiary/aromatic N) is 1. The molecule has 0 saturated carbocycles. The predicted molar refractivity (Wildman–Crippen MR) is 109 cm³/mol. The first-order valence-electron chi connectivity index (χ1n) is 9.35. The first-order chi connectivity index (χ1) is 13.9. The average Bonchev–Trinajstić information content (AvgIpc) is 3.15. The number of aryl methyl sites for hydroxylation is 1. The van der Waals surface area contributed by atoms with Crippen molar-refractivity contribution in [2.45, 2.75) is 31.7 Å². The van der Waals surface area contributed by atoms with E-state index in [1.165, 1.54) is 12.1 Å². The van der Waals surface area contributed by atoms with Crippen molar-refractivity contribution in [3.05, 3.63) is 69.9 Å². The highest BCUT2D eigenvalue weighted by Crippen LogP contribution is 2.31. The molecule has 29 heavy (non-hydrogen) atoms. The van der Waals surface area contributed by atoms with Crippen molar-refractivity contribution in [1.29, 1.82) is 0 Å². The number of carbonyl (C=O) groups is 2. The van der Waals surface area contributed by atoms with Crippen LogP contribution in [0.5, 0.6) is 5.75 Å². The summed E-state index contributed by atoms with van der Waals surface area (Å²) < 4.78 is 0. The Kier molecular flexibility index (Phi) is 5.11. The van der Waals surface area contributed by atoms with E-state index in [-0.39, 0.29) is 12.2 Å². The van der Waals surface area contributed by atoms with Gasteiger partial charge in [0.15, 0.2) is 0 Å². The quantitative estimate of drug-likeness (QED) is 0.597. The Morgan fingerprint density at radius 3 is 2.62 bits per heavy atom. The van der Waals surface area contributed by atoms with Crippen LogP contribution < -0.4 is 5.32 Å². The van der Waals surface area contributed by atoms with E-state index < -0.39 is 17.9 Å². The standard InChI is InChI=1S/C22H19ClN2O4/c23-13-6-9-18-16(11-13)20(15-2-1-3-17(15)24-18)21(27)25-19(22(28)29)10-12-4-7-14(26)8-5-12/h4-9,11,19,26H,1-3,10H2,(H,25,27)(H,28,29). The van der Waals surface area contributed by atoms with Gasteiger partial charge in [0.25, 0.3) is 5.91 Å². The van der Waals surface area contributed by atoms with Crippen LogP contribution in [0.2, 0.25) is 5.02 Å². The number of hydrogen-bond acceptors (Lipinski definition) is 4. The molecule has 0 saturated heterocycles. The lowest BCUT2D eigenvalue weighted by Crippen LogP contribution is -2.42. The van der Waals surface area contributed by atoms with Gasteiger partial charge in [0.2, 0.25) is 0 Å². The number of phenolic OH excluding ortho intramolecular Hbond substituents is 1. The summed E-state index contributed by atoms with van der Waals surface area (Å²) in [6, 6.07) is 10.3. The molecule has 0 aliphatic heterocycles. The second-order valence-corrected chi connectivity index (χ2v) is 7.60. The normalized spacial score (nSPS) is 13.8. The zero-order valence-electron chi connectivity index (χ0n) is 15.5. The Hall–Kier alpha value is -3.12. The fourth-order valence-electron chi connectivity index (χ4n) is 3.79. The zero-order chi connectivity index (χ0) is 20.5. The lowest BCUT2D eigenvalue weighted by Gasteiger charge is -2.18. The Morgan fingerprint density at radius 1 is 1.14 bits per heavy atom. The summed E-state index contributed by atoms with van der Waals surface area (Å²) in [6.07, 6.45) is 2.53. The monoisotopic (exact) mass is 410 g/mol. The van der Waals surface area contributed by atoms with Gasteiger partial charge in [0.05, 0.1) is 11.1 Å². The number of nitrogens with one attached hydrogen (secondary N) is 1. The maximum atomic E-state index is 13.2. The summed E-state index contributed by atoms with van der Waals surface area (Å²) >= 11 is 6.15. The maximum Gasteiger partial charge on any atom is 0.326 e. The molecule has 1 aliphatic carbocycles. The molecule has 1 aromatic heterocycles. The van der Waals surface area contributed by atoms with Gasteiger partial charge in [-0.15, -0.1) is 0 Å². The van der Waals surface area contributed by atoms with Gasteiger partial charge < -0.3 is 15.5 Å². The summed E-state index contributed by atoms with van der Waals surface area (Å²) in [7, 11) is 0. The van der Waals surface area contributed by atoms with Crippen LogP contribution in [0.3, 0.4) is 0 Å². The second kappa shape index (κ2) is 7.72. The van der Waals surface area contributed by atoms with Gasteiger partial charge >= 0.3 is 5.97 Å². The van der Waals surface area contributed by atoms with Crippen molar-refractivity contribution in [1.82, 2.24) is 10.3 Å². The summed E-state index contributed by atoms with van der Waals surface area (Å²) in [5, 5.41) is 22.8. The number of carboxylic acids is 1. The molecule has 3 N–H and O–H groups in total. The fraction of sp³-hybridized carbons (Fsp3) is 0.227. The van der Waals surface area contributed by atoms with Crippen LogP contribution in [0.4, 0.5) is 0 Å². The van der Waals surface area contributed by atoms with Crippen molar-refractivity contribution < 1.29 is 19.8 Å². The molecule has 3 aromatic rings. The molecule has 1 aliphatic rings. The molecule has 0 fully saturated rings. The minimum absolute atomic E-state index is 0.0976. The second-order valence-electron chi connectivity index (χ2n) is 7.16. The first kappa shape index (κ1) is 19.2. The number of aromatic hydroxyl groups is 1. The van der Waals surface area contributed by atoms with Crippen molar-refractivity contribution in [2.24, 2.45) is 0 Å². The minimum Gasteiger partial charge on any atom is -0.508 e. The molecule has 0 spiro atoms. The molecule has 1 heterocycles. The third-order valence-corrected chi connectivity index (χ3v) is 5.42. The molecular weight excluding hydrogens is 392 g/mol. The van der Waals surface area contributed by atoms with Gasteiger partial charge in [-0.2, -0.15) is 0 Å². The molecule has 1 unspecified atom stereocenters. The number of fused-ring (bicyclic) bond motifs is 2. The molecule has 148 valence electrons. The van der Waals surface area contributed by atoms with E-state index in [4.69, 9.17) is 11.6 Å². The Morgan fingerprint density at radius 2 is 1.90 bits per heavy atom. The number of carboxylic acid groups (broad SMARTS) is 1. The Bertz CT molecular complexity index is 1110. The number of hydrogen-bond donors (Lipinski definition) is 3. The number of benzene rings is 2. The molecule has 2 aromatic carbocycles. The molecule has 4 rings (SSSR count).